The molecule has 0 unspecified atom stereocenters. The molecule has 2 N–H and O–H groups in total. The van der Waals surface area contributed by atoms with Crippen molar-refractivity contribution in [3.05, 3.63) is 34.9 Å². The topological polar surface area (TPSA) is 84.5 Å². The zero-order valence-electron chi connectivity index (χ0n) is 14.7. The summed E-state index contributed by atoms with van der Waals surface area (Å²) in [7, 11) is 0. The van der Waals surface area contributed by atoms with Gasteiger partial charge in [-0.25, -0.2) is 9.59 Å². The third-order valence-electron chi connectivity index (χ3n) is 4.10. The summed E-state index contributed by atoms with van der Waals surface area (Å²) < 4.78 is 81.2. The van der Waals surface area contributed by atoms with E-state index in [1.165, 1.54) is 0 Å². The molecule has 29 heavy (non-hydrogen) atoms. The number of imide groups is 1. The minimum absolute atomic E-state index is 0.101. The molecule has 0 heterocycles. The summed E-state index contributed by atoms with van der Waals surface area (Å²) in [5, 5.41) is 4.37. The number of ether oxygens (including phenoxy) is 1. The number of urea groups is 1. The number of hydrogen-bond donors (Lipinski definition) is 2. The summed E-state index contributed by atoms with van der Waals surface area (Å²) in [5.41, 5.74) is -4.42. The molecular weight excluding hydrogens is 410 g/mol. The first-order chi connectivity index (χ1) is 13.4. The van der Waals surface area contributed by atoms with Crippen molar-refractivity contribution in [2.24, 2.45) is 0 Å². The van der Waals surface area contributed by atoms with Gasteiger partial charge in [0.1, 0.15) is 0 Å². The fourth-order valence-corrected chi connectivity index (χ4v) is 2.74. The SMILES string of the molecule is O=C(COC(=O)c1cc(C(F)(F)F)cc(C(F)(F)F)c1)NC(=O)NC1CCCC1. The number of hydrogen-bond acceptors (Lipinski definition) is 4. The van der Waals surface area contributed by atoms with Crippen LogP contribution in [0.15, 0.2) is 18.2 Å². The molecule has 1 saturated carbocycles. The van der Waals surface area contributed by atoms with Crippen LogP contribution in [0, 0.1) is 0 Å². The Hall–Kier alpha value is -2.79. The van der Waals surface area contributed by atoms with Crippen LogP contribution in [-0.4, -0.2) is 30.6 Å². The van der Waals surface area contributed by atoms with Crippen molar-refractivity contribution in [1.82, 2.24) is 10.6 Å². The van der Waals surface area contributed by atoms with Crippen molar-refractivity contribution in [1.29, 1.82) is 0 Å². The average molecular weight is 426 g/mol. The highest BCUT2D eigenvalue weighted by Crippen LogP contribution is 2.36. The van der Waals surface area contributed by atoms with Crippen molar-refractivity contribution < 1.29 is 45.5 Å². The Morgan fingerprint density at radius 3 is 1.93 bits per heavy atom. The molecule has 160 valence electrons. The van der Waals surface area contributed by atoms with Gasteiger partial charge in [0, 0.05) is 6.04 Å². The van der Waals surface area contributed by atoms with E-state index < -0.39 is 53.6 Å². The second kappa shape index (κ2) is 8.70. The summed E-state index contributed by atoms with van der Waals surface area (Å²) in [6.07, 6.45) is -6.93. The first-order valence-corrected chi connectivity index (χ1v) is 8.43. The molecular formula is C17H16F6N2O4. The molecule has 0 aromatic heterocycles. The van der Waals surface area contributed by atoms with E-state index in [9.17, 15) is 40.7 Å². The number of amides is 3. The molecule has 2 rings (SSSR count). The maximum absolute atomic E-state index is 12.8. The van der Waals surface area contributed by atoms with E-state index in [-0.39, 0.29) is 24.2 Å². The number of carbonyl (C=O) groups excluding carboxylic acids is 3. The van der Waals surface area contributed by atoms with E-state index in [1.807, 2.05) is 5.32 Å². The van der Waals surface area contributed by atoms with E-state index in [0.29, 0.717) is 0 Å². The lowest BCUT2D eigenvalue weighted by Crippen LogP contribution is -2.45. The Labute approximate surface area is 160 Å². The second-order valence-corrected chi connectivity index (χ2v) is 6.37. The zero-order valence-corrected chi connectivity index (χ0v) is 14.7. The number of halogens is 6. The summed E-state index contributed by atoms with van der Waals surface area (Å²) in [6, 6.07) is -0.714. The van der Waals surface area contributed by atoms with Crippen LogP contribution in [-0.2, 0) is 21.9 Å². The summed E-state index contributed by atoms with van der Waals surface area (Å²) in [4.78, 5) is 35.0. The molecule has 1 aliphatic carbocycles. The summed E-state index contributed by atoms with van der Waals surface area (Å²) in [5.74, 6) is -2.66. The van der Waals surface area contributed by atoms with Crippen LogP contribution in [0.5, 0.6) is 0 Å². The highest BCUT2D eigenvalue weighted by atomic mass is 19.4. The molecule has 3 amide bonds. The Morgan fingerprint density at radius 2 is 1.45 bits per heavy atom. The standard InChI is InChI=1S/C17H16F6N2O4/c18-16(19,20)10-5-9(6-11(7-10)17(21,22)23)14(27)29-8-13(26)25-15(28)24-12-3-1-2-4-12/h5-7,12H,1-4,8H2,(H2,24,25,26,28). The Bertz CT molecular complexity index is 753. The van der Waals surface area contributed by atoms with Crippen molar-refractivity contribution >= 4 is 17.9 Å². The van der Waals surface area contributed by atoms with Crippen LogP contribution in [0.25, 0.3) is 0 Å². The molecule has 0 spiro atoms. The van der Waals surface area contributed by atoms with Crippen molar-refractivity contribution in [3.63, 3.8) is 0 Å². The average Bonchev–Trinajstić information content (AvgIpc) is 3.10. The molecule has 1 fully saturated rings. The smallest absolute Gasteiger partial charge is 0.416 e. The van der Waals surface area contributed by atoms with Crippen LogP contribution >= 0.6 is 0 Å². The lowest BCUT2D eigenvalue weighted by molar-refractivity contribution is -0.143. The fourth-order valence-electron chi connectivity index (χ4n) is 2.74. The van der Waals surface area contributed by atoms with Gasteiger partial charge in [0.05, 0.1) is 16.7 Å². The Kier molecular flexibility index (Phi) is 6.75. The van der Waals surface area contributed by atoms with E-state index >= 15 is 0 Å². The molecule has 0 radical (unpaired) electrons. The number of nitrogens with one attached hydrogen (secondary N) is 2. The van der Waals surface area contributed by atoms with Gasteiger partial charge in [0.25, 0.3) is 5.91 Å². The summed E-state index contributed by atoms with van der Waals surface area (Å²) in [6.45, 7) is -1.06. The predicted molar refractivity (Wildman–Crippen MR) is 85.7 cm³/mol. The van der Waals surface area contributed by atoms with Gasteiger partial charge in [-0.15, -0.1) is 0 Å². The second-order valence-electron chi connectivity index (χ2n) is 6.37. The number of benzene rings is 1. The largest absolute Gasteiger partial charge is 0.452 e. The van der Waals surface area contributed by atoms with Crippen molar-refractivity contribution in [2.45, 2.75) is 44.1 Å². The monoisotopic (exact) mass is 426 g/mol. The maximum Gasteiger partial charge on any atom is 0.416 e. The third-order valence-corrected chi connectivity index (χ3v) is 4.10. The number of rotatable bonds is 4. The van der Waals surface area contributed by atoms with E-state index in [2.05, 4.69) is 10.1 Å². The molecule has 0 atom stereocenters. The Balaban J connectivity index is 2.00. The molecule has 0 aliphatic heterocycles. The van der Waals surface area contributed by atoms with Crippen LogP contribution in [0.2, 0.25) is 0 Å². The molecule has 0 saturated heterocycles. The van der Waals surface area contributed by atoms with Gasteiger partial charge in [-0.2, -0.15) is 26.3 Å². The van der Waals surface area contributed by atoms with Gasteiger partial charge in [-0.05, 0) is 31.0 Å². The highest BCUT2D eigenvalue weighted by Gasteiger charge is 2.37. The van der Waals surface area contributed by atoms with Crippen LogP contribution < -0.4 is 10.6 Å². The molecule has 12 heteroatoms. The van der Waals surface area contributed by atoms with Crippen LogP contribution in [0.1, 0.15) is 47.2 Å². The van der Waals surface area contributed by atoms with Gasteiger partial charge in [0.2, 0.25) is 0 Å². The molecule has 6 nitrogen and oxygen atoms in total. The number of carbonyl (C=O) groups is 3. The normalized spacial score (nSPS) is 15.1. The van der Waals surface area contributed by atoms with Gasteiger partial charge in [-0.1, -0.05) is 12.8 Å². The van der Waals surface area contributed by atoms with Crippen LogP contribution in [0.3, 0.4) is 0 Å². The quantitative estimate of drug-likeness (QED) is 0.569. The van der Waals surface area contributed by atoms with E-state index in [1.54, 1.807) is 0 Å². The Morgan fingerprint density at radius 1 is 0.931 bits per heavy atom. The molecule has 1 aromatic rings. The molecule has 0 bridgehead atoms. The van der Waals surface area contributed by atoms with Gasteiger partial charge >= 0.3 is 24.4 Å². The number of alkyl halides is 6. The predicted octanol–water partition coefficient (Wildman–Crippen LogP) is 3.65. The summed E-state index contributed by atoms with van der Waals surface area (Å²) >= 11 is 0. The minimum Gasteiger partial charge on any atom is -0.452 e. The zero-order chi connectivity index (χ0) is 21.8. The minimum atomic E-state index is -5.13. The lowest BCUT2D eigenvalue weighted by atomic mass is 10.0. The highest BCUT2D eigenvalue weighted by molar-refractivity contribution is 5.97. The maximum atomic E-state index is 12.8. The molecule has 1 aliphatic rings. The lowest BCUT2D eigenvalue weighted by Gasteiger charge is -2.14. The first kappa shape index (κ1) is 22.5. The van der Waals surface area contributed by atoms with Gasteiger partial charge in [-0.3, -0.25) is 10.1 Å². The van der Waals surface area contributed by atoms with Crippen molar-refractivity contribution in [3.8, 4) is 0 Å². The van der Waals surface area contributed by atoms with Crippen LogP contribution in [0.4, 0.5) is 31.1 Å². The van der Waals surface area contributed by atoms with E-state index in [4.69, 9.17) is 0 Å². The number of esters is 1. The van der Waals surface area contributed by atoms with Gasteiger partial charge < -0.3 is 10.1 Å². The first-order valence-electron chi connectivity index (χ1n) is 8.43. The van der Waals surface area contributed by atoms with Crippen molar-refractivity contribution in [2.75, 3.05) is 6.61 Å². The molecule has 1 aromatic carbocycles. The fraction of sp³-hybridized carbons (Fsp3) is 0.471. The van der Waals surface area contributed by atoms with Gasteiger partial charge in [0.15, 0.2) is 6.61 Å². The van der Waals surface area contributed by atoms with E-state index in [0.717, 1.165) is 25.7 Å². The third kappa shape index (κ3) is 6.64.